The Kier molecular flexibility index (Phi) is 6.98. The van der Waals surface area contributed by atoms with Gasteiger partial charge in [-0.15, -0.1) is 12.4 Å². The van der Waals surface area contributed by atoms with Gasteiger partial charge in [-0.3, -0.25) is 4.79 Å². The molecule has 0 radical (unpaired) electrons. The summed E-state index contributed by atoms with van der Waals surface area (Å²) < 4.78 is 77.4. The van der Waals surface area contributed by atoms with Crippen LogP contribution in [0.5, 0.6) is 0 Å². The van der Waals surface area contributed by atoms with Crippen LogP contribution in [0.3, 0.4) is 0 Å². The molecule has 3 nitrogen and oxygen atoms in total. The van der Waals surface area contributed by atoms with Crippen molar-refractivity contribution in [3.8, 4) is 0 Å². The van der Waals surface area contributed by atoms with Crippen molar-refractivity contribution in [2.75, 3.05) is 13.1 Å². The number of halogens is 7. The van der Waals surface area contributed by atoms with Gasteiger partial charge >= 0.3 is 12.4 Å². The Balaban J connectivity index is 0.00000338. The van der Waals surface area contributed by atoms with E-state index in [0.717, 1.165) is 6.42 Å². The minimum Gasteiger partial charge on any atom is -0.338 e. The van der Waals surface area contributed by atoms with Crippen molar-refractivity contribution in [2.45, 2.75) is 38.2 Å². The zero-order valence-corrected chi connectivity index (χ0v) is 14.6. The lowest BCUT2D eigenvalue weighted by molar-refractivity contribution is -0.143. The van der Waals surface area contributed by atoms with E-state index in [-0.39, 0.29) is 43.5 Å². The van der Waals surface area contributed by atoms with Gasteiger partial charge in [-0.2, -0.15) is 26.3 Å². The molecule has 0 saturated carbocycles. The summed E-state index contributed by atoms with van der Waals surface area (Å²) in [6.45, 7) is 2.25. The second kappa shape index (κ2) is 8.04. The number of piperidine rings is 1. The molecule has 0 bridgehead atoms. The first-order valence-corrected chi connectivity index (χ1v) is 7.74. The van der Waals surface area contributed by atoms with Crippen LogP contribution in [0.1, 0.15) is 41.3 Å². The maximum absolute atomic E-state index is 12.9. The van der Waals surface area contributed by atoms with E-state index < -0.39 is 35.0 Å². The standard InChI is InChI=1S/C16H18F6N2O.ClH/c1-9(23)10-3-2-4-24(8-10)14(25)11-5-12(15(17,18)19)7-13(6-11)16(20,21)22;/h5-7,9-10H,2-4,8,23H2,1H3;1H. The molecular formula is C16H19ClF6N2O. The van der Waals surface area contributed by atoms with Crippen LogP contribution in [0, 0.1) is 5.92 Å². The second-order valence-corrected chi connectivity index (χ2v) is 6.31. The van der Waals surface area contributed by atoms with Crippen LogP contribution in [0.15, 0.2) is 18.2 Å². The molecule has 2 unspecified atom stereocenters. The lowest BCUT2D eigenvalue weighted by Crippen LogP contribution is -2.45. The number of carbonyl (C=O) groups excluding carboxylic acids is 1. The fourth-order valence-electron chi connectivity index (χ4n) is 2.88. The van der Waals surface area contributed by atoms with E-state index >= 15 is 0 Å². The minimum absolute atomic E-state index is 0. The Bertz CT molecular complexity index is 612. The zero-order valence-electron chi connectivity index (χ0n) is 13.8. The highest BCUT2D eigenvalue weighted by molar-refractivity contribution is 5.94. The van der Waals surface area contributed by atoms with Gasteiger partial charge < -0.3 is 10.6 Å². The summed E-state index contributed by atoms with van der Waals surface area (Å²) in [5.41, 5.74) is 2.19. The summed E-state index contributed by atoms with van der Waals surface area (Å²) in [4.78, 5) is 13.7. The molecule has 1 saturated heterocycles. The summed E-state index contributed by atoms with van der Waals surface area (Å²) in [6.07, 6.45) is -8.60. The molecule has 1 fully saturated rings. The maximum atomic E-state index is 12.9. The molecule has 2 atom stereocenters. The molecule has 26 heavy (non-hydrogen) atoms. The lowest BCUT2D eigenvalue weighted by atomic mass is 9.91. The van der Waals surface area contributed by atoms with Crippen molar-refractivity contribution in [1.82, 2.24) is 4.90 Å². The lowest BCUT2D eigenvalue weighted by Gasteiger charge is -2.34. The number of likely N-dealkylation sites (tertiary alicyclic amines) is 1. The van der Waals surface area contributed by atoms with Gasteiger partial charge in [-0.05, 0) is 43.9 Å². The third-order valence-electron chi connectivity index (χ3n) is 4.32. The van der Waals surface area contributed by atoms with Crippen LogP contribution in [0.25, 0.3) is 0 Å². The fourth-order valence-corrected chi connectivity index (χ4v) is 2.88. The van der Waals surface area contributed by atoms with Crippen molar-refractivity contribution in [3.63, 3.8) is 0 Å². The highest BCUT2D eigenvalue weighted by atomic mass is 35.5. The Morgan fingerprint density at radius 3 is 2.04 bits per heavy atom. The molecule has 0 spiro atoms. The molecule has 1 amide bonds. The van der Waals surface area contributed by atoms with Gasteiger partial charge in [0.1, 0.15) is 0 Å². The predicted molar refractivity (Wildman–Crippen MR) is 86.0 cm³/mol. The van der Waals surface area contributed by atoms with Crippen LogP contribution in [0.4, 0.5) is 26.3 Å². The SMILES string of the molecule is CC(N)C1CCCN(C(=O)c2cc(C(F)(F)F)cc(C(F)(F)F)c2)C1.Cl. The van der Waals surface area contributed by atoms with Crippen molar-refractivity contribution >= 4 is 18.3 Å². The summed E-state index contributed by atoms with van der Waals surface area (Å²) in [6, 6.07) is 0.723. The first-order chi connectivity index (χ1) is 11.4. The van der Waals surface area contributed by atoms with Gasteiger partial charge in [0.25, 0.3) is 5.91 Å². The third kappa shape index (κ3) is 5.26. The largest absolute Gasteiger partial charge is 0.416 e. The number of nitrogens with zero attached hydrogens (tertiary/aromatic N) is 1. The number of benzene rings is 1. The van der Waals surface area contributed by atoms with Gasteiger partial charge in [-0.1, -0.05) is 0 Å². The van der Waals surface area contributed by atoms with E-state index in [2.05, 4.69) is 0 Å². The van der Waals surface area contributed by atoms with Crippen molar-refractivity contribution in [3.05, 3.63) is 34.9 Å². The quantitative estimate of drug-likeness (QED) is 0.745. The number of amides is 1. The predicted octanol–water partition coefficient (Wildman–Crippen LogP) is 4.35. The summed E-state index contributed by atoms with van der Waals surface area (Å²) in [5.74, 6) is -0.882. The average molecular weight is 405 g/mol. The smallest absolute Gasteiger partial charge is 0.338 e. The molecule has 1 aromatic carbocycles. The van der Waals surface area contributed by atoms with E-state index in [1.54, 1.807) is 6.92 Å². The molecule has 0 aromatic heterocycles. The first kappa shape index (κ1) is 22.6. The Morgan fingerprint density at radius 2 is 1.62 bits per heavy atom. The van der Waals surface area contributed by atoms with E-state index in [0.29, 0.717) is 18.6 Å². The maximum Gasteiger partial charge on any atom is 0.416 e. The van der Waals surface area contributed by atoms with Crippen molar-refractivity contribution < 1.29 is 31.1 Å². The topological polar surface area (TPSA) is 46.3 Å². The summed E-state index contributed by atoms with van der Waals surface area (Å²) in [7, 11) is 0. The van der Waals surface area contributed by atoms with Crippen LogP contribution in [0.2, 0.25) is 0 Å². The normalized spacial score (nSPS) is 19.7. The van der Waals surface area contributed by atoms with Crippen molar-refractivity contribution in [2.24, 2.45) is 11.7 Å². The average Bonchev–Trinajstić information content (AvgIpc) is 2.52. The molecule has 2 N–H and O–H groups in total. The van der Waals surface area contributed by atoms with Crippen molar-refractivity contribution in [1.29, 1.82) is 0 Å². The highest BCUT2D eigenvalue weighted by Gasteiger charge is 2.38. The Morgan fingerprint density at radius 1 is 1.12 bits per heavy atom. The molecule has 10 heteroatoms. The fraction of sp³-hybridized carbons (Fsp3) is 0.562. The molecule has 148 valence electrons. The van der Waals surface area contributed by atoms with Crippen LogP contribution < -0.4 is 5.73 Å². The molecule has 2 rings (SSSR count). The number of hydrogen-bond acceptors (Lipinski definition) is 2. The van der Waals surface area contributed by atoms with E-state index in [9.17, 15) is 31.1 Å². The Hall–Kier alpha value is -1.48. The van der Waals surface area contributed by atoms with E-state index in [4.69, 9.17) is 5.73 Å². The molecule has 1 heterocycles. The molecular weight excluding hydrogens is 386 g/mol. The number of rotatable bonds is 2. The number of nitrogens with two attached hydrogens (primary N) is 1. The van der Waals surface area contributed by atoms with Gasteiger partial charge in [0.2, 0.25) is 0 Å². The summed E-state index contributed by atoms with van der Waals surface area (Å²) >= 11 is 0. The highest BCUT2D eigenvalue weighted by Crippen LogP contribution is 2.36. The van der Waals surface area contributed by atoms with Gasteiger partial charge in [-0.25, -0.2) is 0 Å². The number of carbonyl (C=O) groups is 1. The van der Waals surface area contributed by atoms with Gasteiger partial charge in [0.15, 0.2) is 0 Å². The molecule has 0 aliphatic carbocycles. The van der Waals surface area contributed by atoms with E-state index in [1.165, 1.54) is 4.90 Å². The molecule has 1 aliphatic heterocycles. The number of hydrogen-bond donors (Lipinski definition) is 1. The molecule has 1 aliphatic rings. The number of alkyl halides is 6. The van der Waals surface area contributed by atoms with E-state index in [1.807, 2.05) is 0 Å². The van der Waals surface area contributed by atoms with Gasteiger partial charge in [0.05, 0.1) is 11.1 Å². The molecule has 1 aromatic rings. The van der Waals surface area contributed by atoms with Crippen LogP contribution in [-0.4, -0.2) is 29.9 Å². The Labute approximate surface area is 152 Å². The zero-order chi connectivity index (χ0) is 19.0. The summed E-state index contributed by atoms with van der Waals surface area (Å²) in [5, 5.41) is 0. The first-order valence-electron chi connectivity index (χ1n) is 7.74. The monoisotopic (exact) mass is 404 g/mol. The van der Waals surface area contributed by atoms with Crippen LogP contribution >= 0.6 is 12.4 Å². The minimum atomic E-state index is -4.98. The third-order valence-corrected chi connectivity index (χ3v) is 4.32. The van der Waals surface area contributed by atoms with Gasteiger partial charge in [0, 0.05) is 24.7 Å². The van der Waals surface area contributed by atoms with Crippen LogP contribution in [-0.2, 0) is 12.4 Å². The second-order valence-electron chi connectivity index (χ2n) is 6.31.